The van der Waals surface area contributed by atoms with E-state index in [1.807, 2.05) is 30.3 Å². The molecule has 7 nitrogen and oxygen atoms in total. The van der Waals surface area contributed by atoms with Crippen LogP contribution >= 0.6 is 0 Å². The Kier molecular flexibility index (Phi) is 30.4. The van der Waals surface area contributed by atoms with Crippen molar-refractivity contribution < 1.29 is 29.6 Å². The highest BCUT2D eigenvalue weighted by molar-refractivity contribution is 5.81. The highest BCUT2D eigenvalue weighted by Crippen LogP contribution is 2.22. The second-order valence-corrected chi connectivity index (χ2v) is 15.3. The Balaban J connectivity index is 2.86. The lowest BCUT2D eigenvalue weighted by Gasteiger charge is -2.25. The molecule has 1 aromatic carbocycles. The summed E-state index contributed by atoms with van der Waals surface area (Å²) in [4.78, 5) is 42.2. The van der Waals surface area contributed by atoms with Gasteiger partial charge in [-0.15, -0.1) is 0 Å². The molecule has 52 heavy (non-hydrogen) atoms. The molecule has 300 valence electrons. The molecule has 0 radical (unpaired) electrons. The standard InChI is InChI=1S/C45H80N2O5/c1-5-9-13-17-19-26-32-40(30-24-15-11-7-3)44(49)51-36-34-47(43(48)42(46)38-39-28-22-21-23-29-39)35-37-52-45(50)41(31-25-16-12-8-4)33-27-20-18-14-10-6-2/h21-23,28-29,40-42H,5-20,24-27,30-38,46H2,1-4H3/p+1. The molecule has 0 bridgehead atoms. The summed E-state index contributed by atoms with van der Waals surface area (Å²) in [5.41, 5.74) is 5.26. The van der Waals surface area contributed by atoms with E-state index < -0.39 is 6.04 Å². The lowest BCUT2D eigenvalue weighted by Crippen LogP contribution is -2.69. The van der Waals surface area contributed by atoms with E-state index in [0.29, 0.717) is 6.42 Å². The van der Waals surface area contributed by atoms with Gasteiger partial charge in [0.05, 0.1) is 24.9 Å². The van der Waals surface area contributed by atoms with Gasteiger partial charge in [-0.2, -0.15) is 0 Å². The van der Waals surface area contributed by atoms with E-state index in [2.05, 4.69) is 33.4 Å². The highest BCUT2D eigenvalue weighted by atomic mass is 16.5. The van der Waals surface area contributed by atoms with Gasteiger partial charge in [0.1, 0.15) is 13.2 Å². The molecule has 0 saturated carbocycles. The molecule has 0 aliphatic carbocycles. The summed E-state index contributed by atoms with van der Waals surface area (Å²) in [6, 6.07) is 9.42. The number of carbonyl (C=O) groups is 3. The third kappa shape index (κ3) is 24.0. The molecule has 0 aromatic heterocycles. The average molecular weight is 730 g/mol. The molecule has 1 rings (SSSR count). The zero-order chi connectivity index (χ0) is 38.1. The molecule has 1 amide bonds. The Morgan fingerprint density at radius 1 is 0.538 bits per heavy atom. The quantitative estimate of drug-likeness (QED) is 0.0554. The monoisotopic (exact) mass is 730 g/mol. The number of hydrogen-bond donors (Lipinski definition) is 1. The van der Waals surface area contributed by atoms with Gasteiger partial charge in [-0.1, -0.05) is 186 Å². The Morgan fingerprint density at radius 3 is 1.27 bits per heavy atom. The fourth-order valence-corrected chi connectivity index (χ4v) is 7.06. The first kappa shape index (κ1) is 47.6. The molecule has 0 fully saturated rings. The number of nitrogens with zero attached hydrogens (tertiary/aromatic N) is 1. The number of ether oxygens (including phenoxy) is 2. The minimum absolute atomic E-state index is 0.0901. The van der Waals surface area contributed by atoms with E-state index in [0.717, 1.165) is 82.6 Å². The fraction of sp³-hybridized carbons (Fsp3) is 0.800. The molecule has 0 saturated heterocycles. The molecule has 0 spiro atoms. The summed E-state index contributed by atoms with van der Waals surface area (Å²) in [6.45, 7) is 9.67. The first-order valence-electron chi connectivity index (χ1n) is 21.9. The van der Waals surface area contributed by atoms with Crippen molar-refractivity contribution in [3.63, 3.8) is 0 Å². The second-order valence-electron chi connectivity index (χ2n) is 15.3. The van der Waals surface area contributed by atoms with Gasteiger partial charge in [-0.3, -0.25) is 14.4 Å². The van der Waals surface area contributed by atoms with E-state index in [4.69, 9.17) is 9.47 Å². The van der Waals surface area contributed by atoms with E-state index in [1.54, 1.807) is 4.90 Å². The van der Waals surface area contributed by atoms with Crippen molar-refractivity contribution in [3.05, 3.63) is 35.9 Å². The SMILES string of the molecule is CCCCCCCCC(CCCCCC)C(=O)OCCN(CCOC(=O)C(CCCCCC)CCCCCCCC)C(=O)C([NH3+])Cc1ccccc1. The molecule has 7 heteroatoms. The Bertz CT molecular complexity index is 953. The van der Waals surface area contributed by atoms with Gasteiger partial charge in [0.15, 0.2) is 6.04 Å². The van der Waals surface area contributed by atoms with Crippen LogP contribution in [-0.4, -0.2) is 55.1 Å². The number of quaternary nitrogens is 1. The zero-order valence-electron chi connectivity index (χ0n) is 34.3. The van der Waals surface area contributed by atoms with Gasteiger partial charge in [-0.05, 0) is 31.2 Å². The molecular weight excluding hydrogens is 649 g/mol. The maximum Gasteiger partial charge on any atom is 0.308 e. The predicted octanol–water partition coefficient (Wildman–Crippen LogP) is 10.4. The van der Waals surface area contributed by atoms with E-state index in [-0.39, 0.29) is 56.0 Å². The van der Waals surface area contributed by atoms with Crippen LogP contribution in [0.4, 0.5) is 0 Å². The van der Waals surface area contributed by atoms with E-state index in [9.17, 15) is 14.4 Å². The summed E-state index contributed by atoms with van der Waals surface area (Å²) < 4.78 is 11.8. The molecule has 3 unspecified atom stereocenters. The van der Waals surface area contributed by atoms with Crippen molar-refractivity contribution in [1.29, 1.82) is 0 Å². The average Bonchev–Trinajstić information content (AvgIpc) is 3.15. The van der Waals surface area contributed by atoms with Crippen molar-refractivity contribution in [2.75, 3.05) is 26.3 Å². The lowest BCUT2D eigenvalue weighted by molar-refractivity contribution is -0.405. The normalized spacial score (nSPS) is 13.0. The Morgan fingerprint density at radius 2 is 0.885 bits per heavy atom. The van der Waals surface area contributed by atoms with E-state index in [1.165, 1.54) is 77.0 Å². The number of carbonyl (C=O) groups excluding carboxylic acids is 3. The van der Waals surface area contributed by atoms with Crippen LogP contribution in [-0.2, 0) is 30.3 Å². The molecule has 0 aliphatic heterocycles. The molecule has 3 N–H and O–H groups in total. The van der Waals surface area contributed by atoms with Crippen LogP contribution in [0.1, 0.15) is 187 Å². The van der Waals surface area contributed by atoms with Crippen LogP contribution in [0.15, 0.2) is 30.3 Å². The number of hydrogen-bond acceptors (Lipinski definition) is 5. The van der Waals surface area contributed by atoms with Crippen molar-refractivity contribution >= 4 is 17.8 Å². The molecular formula is C45H81N2O5+. The van der Waals surface area contributed by atoms with Crippen molar-refractivity contribution in [3.8, 4) is 0 Å². The number of benzene rings is 1. The van der Waals surface area contributed by atoms with E-state index >= 15 is 0 Å². The lowest BCUT2D eigenvalue weighted by atomic mass is 9.94. The molecule has 1 aromatic rings. The van der Waals surface area contributed by atoms with Crippen LogP contribution < -0.4 is 5.73 Å². The first-order chi connectivity index (χ1) is 25.4. The van der Waals surface area contributed by atoms with Crippen molar-refractivity contribution in [1.82, 2.24) is 4.90 Å². The topological polar surface area (TPSA) is 101 Å². The largest absolute Gasteiger partial charge is 0.464 e. The second kappa shape index (κ2) is 33.2. The summed E-state index contributed by atoms with van der Waals surface area (Å²) >= 11 is 0. The summed E-state index contributed by atoms with van der Waals surface area (Å²) in [7, 11) is 0. The molecule has 3 atom stereocenters. The number of rotatable bonds is 35. The zero-order valence-corrected chi connectivity index (χ0v) is 34.3. The van der Waals surface area contributed by atoms with Crippen molar-refractivity contribution in [2.45, 2.75) is 194 Å². The Labute approximate surface area is 319 Å². The van der Waals surface area contributed by atoms with Crippen LogP contribution in [0, 0.1) is 11.8 Å². The number of amides is 1. The van der Waals surface area contributed by atoms with Gasteiger partial charge >= 0.3 is 11.9 Å². The smallest absolute Gasteiger partial charge is 0.308 e. The van der Waals surface area contributed by atoms with Gasteiger partial charge in [0.2, 0.25) is 0 Å². The minimum atomic E-state index is -0.494. The molecule has 0 aliphatic rings. The van der Waals surface area contributed by atoms with Crippen LogP contribution in [0.5, 0.6) is 0 Å². The van der Waals surface area contributed by atoms with Crippen LogP contribution in [0.25, 0.3) is 0 Å². The number of esters is 2. The highest BCUT2D eigenvalue weighted by Gasteiger charge is 2.27. The van der Waals surface area contributed by atoms with Crippen LogP contribution in [0.3, 0.4) is 0 Å². The van der Waals surface area contributed by atoms with Gasteiger partial charge < -0.3 is 20.1 Å². The maximum atomic E-state index is 13.8. The number of unbranched alkanes of at least 4 members (excludes halogenated alkanes) is 16. The third-order valence-electron chi connectivity index (χ3n) is 10.5. The fourth-order valence-electron chi connectivity index (χ4n) is 7.06. The van der Waals surface area contributed by atoms with Gasteiger partial charge in [0, 0.05) is 6.42 Å². The summed E-state index contributed by atoms with van der Waals surface area (Å²) in [5, 5.41) is 0. The van der Waals surface area contributed by atoms with Gasteiger partial charge in [0.25, 0.3) is 5.91 Å². The van der Waals surface area contributed by atoms with Crippen molar-refractivity contribution in [2.24, 2.45) is 11.8 Å². The summed E-state index contributed by atoms with van der Waals surface area (Å²) in [5.74, 6) is -0.567. The summed E-state index contributed by atoms with van der Waals surface area (Å²) in [6.07, 6.45) is 27.5. The third-order valence-corrected chi connectivity index (χ3v) is 10.5. The van der Waals surface area contributed by atoms with Crippen LogP contribution in [0.2, 0.25) is 0 Å². The van der Waals surface area contributed by atoms with Gasteiger partial charge in [-0.25, -0.2) is 0 Å². The first-order valence-corrected chi connectivity index (χ1v) is 21.9. The predicted molar refractivity (Wildman–Crippen MR) is 216 cm³/mol. The maximum absolute atomic E-state index is 13.8. The Hall–Kier alpha value is -2.41. The molecule has 0 heterocycles. The minimum Gasteiger partial charge on any atom is -0.464 e.